The first-order valence-electron chi connectivity index (χ1n) is 8.60. The number of anilines is 1. The number of likely N-dealkylation sites (tertiary alicyclic amines) is 1. The predicted molar refractivity (Wildman–Crippen MR) is 95.0 cm³/mol. The van der Waals surface area contributed by atoms with E-state index in [9.17, 15) is 0 Å². The summed E-state index contributed by atoms with van der Waals surface area (Å²) in [5, 5.41) is 3.57. The van der Waals surface area contributed by atoms with Gasteiger partial charge in [0, 0.05) is 52.0 Å². The molecule has 3 heterocycles. The summed E-state index contributed by atoms with van der Waals surface area (Å²) in [7, 11) is 4.10. The van der Waals surface area contributed by atoms with Gasteiger partial charge in [-0.1, -0.05) is 6.07 Å². The molecule has 2 fully saturated rings. The second-order valence-corrected chi connectivity index (χ2v) is 6.37. The minimum absolute atomic E-state index is 0.640. The molecule has 0 aliphatic carbocycles. The average molecular weight is 316 g/mol. The number of hydrogen-bond donors (Lipinski definition) is 1. The molecule has 0 amide bonds. The summed E-state index contributed by atoms with van der Waals surface area (Å²) >= 11 is 0. The number of rotatable bonds is 3. The van der Waals surface area contributed by atoms with Crippen molar-refractivity contribution in [3.63, 3.8) is 0 Å². The predicted octanol–water partition coefficient (Wildman–Crippen LogP) is 0.873. The van der Waals surface area contributed by atoms with Gasteiger partial charge in [0.2, 0.25) is 0 Å². The number of nitrogens with one attached hydrogen (secondary N) is 1. The maximum Gasteiger partial charge on any atom is 0.193 e. The molecule has 126 valence electrons. The van der Waals surface area contributed by atoms with Gasteiger partial charge in [0.1, 0.15) is 5.82 Å². The first-order chi connectivity index (χ1) is 11.3. The molecule has 1 N–H and O–H groups in total. The van der Waals surface area contributed by atoms with Crippen LogP contribution in [-0.2, 0) is 0 Å². The van der Waals surface area contributed by atoms with E-state index in [1.165, 1.54) is 19.4 Å². The lowest BCUT2D eigenvalue weighted by molar-refractivity contribution is 0.303. The van der Waals surface area contributed by atoms with Gasteiger partial charge in [0.25, 0.3) is 0 Å². The van der Waals surface area contributed by atoms with Crippen LogP contribution in [0.4, 0.5) is 5.82 Å². The molecule has 1 atom stereocenters. The Kier molecular flexibility index (Phi) is 5.33. The van der Waals surface area contributed by atoms with Crippen LogP contribution in [0, 0.1) is 0 Å². The Morgan fingerprint density at radius 3 is 2.70 bits per heavy atom. The number of nitrogens with zero attached hydrogens (tertiary/aromatic N) is 5. The fourth-order valence-corrected chi connectivity index (χ4v) is 3.47. The number of likely N-dealkylation sites (N-methyl/N-ethyl adjacent to an activating group) is 1. The Morgan fingerprint density at radius 2 is 2.09 bits per heavy atom. The van der Waals surface area contributed by atoms with Crippen LogP contribution in [0.2, 0.25) is 0 Å². The first-order valence-corrected chi connectivity index (χ1v) is 8.60. The zero-order valence-electron chi connectivity index (χ0n) is 14.3. The van der Waals surface area contributed by atoms with E-state index >= 15 is 0 Å². The number of aromatic nitrogens is 1. The van der Waals surface area contributed by atoms with E-state index in [1.54, 1.807) is 0 Å². The molecule has 0 saturated carbocycles. The van der Waals surface area contributed by atoms with E-state index in [0.29, 0.717) is 6.04 Å². The largest absolute Gasteiger partial charge is 0.355 e. The third-order valence-corrected chi connectivity index (χ3v) is 4.93. The van der Waals surface area contributed by atoms with Crippen LogP contribution in [0.3, 0.4) is 0 Å². The van der Waals surface area contributed by atoms with E-state index in [4.69, 9.17) is 0 Å². The zero-order chi connectivity index (χ0) is 16.1. The average Bonchev–Trinajstić information content (AvgIpc) is 3.02. The molecule has 2 aliphatic rings. The highest BCUT2D eigenvalue weighted by atomic mass is 15.4. The Hall–Kier alpha value is -1.82. The highest BCUT2D eigenvalue weighted by molar-refractivity contribution is 5.80. The standard InChI is InChI=1S/C17H28N6/c1-18-17(20-14-15-6-5-9-21(15)2)23-12-10-22(11-13-23)16-7-3-4-8-19-16/h3-4,7-8,15H,5-6,9-14H2,1-2H3,(H,18,20). The van der Waals surface area contributed by atoms with Gasteiger partial charge in [0.05, 0.1) is 0 Å². The molecule has 1 unspecified atom stereocenters. The minimum atomic E-state index is 0.640. The Labute approximate surface area is 139 Å². The fraction of sp³-hybridized carbons (Fsp3) is 0.647. The van der Waals surface area contributed by atoms with Crippen molar-refractivity contribution in [1.82, 2.24) is 20.1 Å². The molecule has 3 rings (SSSR count). The third kappa shape index (κ3) is 3.93. The van der Waals surface area contributed by atoms with Crippen molar-refractivity contribution in [2.45, 2.75) is 18.9 Å². The summed E-state index contributed by atoms with van der Waals surface area (Å²) in [6.07, 6.45) is 4.46. The summed E-state index contributed by atoms with van der Waals surface area (Å²) in [4.78, 5) is 16.1. The second kappa shape index (κ2) is 7.64. The molecule has 2 saturated heterocycles. The molecule has 6 nitrogen and oxygen atoms in total. The molecular weight excluding hydrogens is 288 g/mol. The molecule has 1 aromatic rings. The van der Waals surface area contributed by atoms with E-state index in [-0.39, 0.29) is 0 Å². The summed E-state index contributed by atoms with van der Waals surface area (Å²) in [6, 6.07) is 6.74. The number of pyridine rings is 1. The third-order valence-electron chi connectivity index (χ3n) is 4.93. The van der Waals surface area contributed by atoms with Gasteiger partial charge in [-0.15, -0.1) is 0 Å². The molecule has 2 aliphatic heterocycles. The molecular formula is C17H28N6. The normalized spacial score (nSPS) is 23.4. The van der Waals surface area contributed by atoms with Gasteiger partial charge in [-0.2, -0.15) is 0 Å². The highest BCUT2D eigenvalue weighted by Crippen LogP contribution is 2.14. The first kappa shape index (κ1) is 16.1. The van der Waals surface area contributed by atoms with E-state index in [1.807, 2.05) is 25.4 Å². The molecule has 0 radical (unpaired) electrons. The van der Waals surface area contributed by atoms with Gasteiger partial charge in [-0.3, -0.25) is 4.99 Å². The number of hydrogen-bond acceptors (Lipinski definition) is 4. The monoisotopic (exact) mass is 316 g/mol. The molecule has 23 heavy (non-hydrogen) atoms. The molecule has 1 aromatic heterocycles. The fourth-order valence-electron chi connectivity index (χ4n) is 3.47. The van der Waals surface area contributed by atoms with Crippen LogP contribution in [0.15, 0.2) is 29.4 Å². The van der Waals surface area contributed by atoms with Crippen LogP contribution in [-0.4, -0.2) is 80.1 Å². The van der Waals surface area contributed by atoms with Crippen molar-refractivity contribution >= 4 is 11.8 Å². The maximum atomic E-state index is 4.47. The van der Waals surface area contributed by atoms with Crippen LogP contribution >= 0.6 is 0 Å². The number of aliphatic imine (C=N–C) groups is 1. The van der Waals surface area contributed by atoms with Crippen LogP contribution in [0.25, 0.3) is 0 Å². The van der Waals surface area contributed by atoms with E-state index < -0.39 is 0 Å². The zero-order valence-corrected chi connectivity index (χ0v) is 14.3. The summed E-state index contributed by atoms with van der Waals surface area (Å²) in [6.45, 7) is 6.15. The Bertz CT molecular complexity index is 509. The number of piperazine rings is 1. The van der Waals surface area contributed by atoms with Crippen molar-refractivity contribution in [2.75, 3.05) is 58.3 Å². The molecule has 0 aromatic carbocycles. The van der Waals surface area contributed by atoms with Crippen molar-refractivity contribution in [3.8, 4) is 0 Å². The summed E-state index contributed by atoms with van der Waals surface area (Å²) < 4.78 is 0. The minimum Gasteiger partial charge on any atom is -0.355 e. The quantitative estimate of drug-likeness (QED) is 0.662. The van der Waals surface area contributed by atoms with Gasteiger partial charge in [-0.25, -0.2) is 4.98 Å². The smallest absolute Gasteiger partial charge is 0.193 e. The Morgan fingerprint density at radius 1 is 1.26 bits per heavy atom. The van der Waals surface area contributed by atoms with Crippen LogP contribution in [0.5, 0.6) is 0 Å². The molecule has 6 heteroatoms. The van der Waals surface area contributed by atoms with Gasteiger partial charge in [-0.05, 0) is 38.6 Å². The maximum absolute atomic E-state index is 4.47. The summed E-state index contributed by atoms with van der Waals surface area (Å²) in [5.41, 5.74) is 0. The lowest BCUT2D eigenvalue weighted by Crippen LogP contribution is -2.54. The highest BCUT2D eigenvalue weighted by Gasteiger charge is 2.23. The van der Waals surface area contributed by atoms with Crippen molar-refractivity contribution in [3.05, 3.63) is 24.4 Å². The van der Waals surface area contributed by atoms with Gasteiger partial charge < -0.3 is 20.0 Å². The second-order valence-electron chi connectivity index (χ2n) is 6.37. The van der Waals surface area contributed by atoms with Gasteiger partial charge >= 0.3 is 0 Å². The lowest BCUT2D eigenvalue weighted by atomic mass is 10.2. The number of guanidine groups is 1. The van der Waals surface area contributed by atoms with Crippen molar-refractivity contribution in [1.29, 1.82) is 0 Å². The van der Waals surface area contributed by atoms with Crippen LogP contribution < -0.4 is 10.2 Å². The lowest BCUT2D eigenvalue weighted by Gasteiger charge is -2.37. The molecule has 0 bridgehead atoms. The van der Waals surface area contributed by atoms with Crippen molar-refractivity contribution in [2.24, 2.45) is 4.99 Å². The SMILES string of the molecule is CN=C(NCC1CCCN1C)N1CCN(c2ccccn2)CC1. The molecule has 0 spiro atoms. The van der Waals surface area contributed by atoms with E-state index in [0.717, 1.165) is 44.5 Å². The van der Waals surface area contributed by atoms with Gasteiger partial charge in [0.15, 0.2) is 5.96 Å². The van der Waals surface area contributed by atoms with E-state index in [2.05, 4.69) is 43.1 Å². The topological polar surface area (TPSA) is 47.0 Å². The van der Waals surface area contributed by atoms with Crippen molar-refractivity contribution < 1.29 is 0 Å². The Balaban J connectivity index is 1.49. The van der Waals surface area contributed by atoms with Crippen LogP contribution in [0.1, 0.15) is 12.8 Å². The summed E-state index contributed by atoms with van der Waals surface area (Å²) in [5.74, 6) is 2.11.